The van der Waals surface area contributed by atoms with Gasteiger partial charge < -0.3 is 10.2 Å². The van der Waals surface area contributed by atoms with E-state index in [0.29, 0.717) is 0 Å². The van der Waals surface area contributed by atoms with Gasteiger partial charge in [0.25, 0.3) is 0 Å². The third-order valence-corrected chi connectivity index (χ3v) is 8.01. The first-order valence-corrected chi connectivity index (χ1v) is 11.4. The van der Waals surface area contributed by atoms with E-state index in [9.17, 15) is 14.4 Å². The van der Waals surface area contributed by atoms with Gasteiger partial charge in [0.15, 0.2) is 14.7 Å². The van der Waals surface area contributed by atoms with Crippen LogP contribution in [0, 0.1) is 0 Å². The smallest absolute Gasteiger partial charge is 0.166 e. The quantitative estimate of drug-likeness (QED) is 0.428. The molecule has 0 amide bonds. The molecule has 0 spiro atoms. The van der Waals surface area contributed by atoms with Crippen molar-refractivity contribution >= 4 is 21.7 Å². The molecule has 0 bridgehead atoms. The molecular weight excluding hydrogens is 400 g/mol. The summed E-state index contributed by atoms with van der Waals surface area (Å²) >= 11 is 0. The first-order valence-electron chi connectivity index (χ1n) is 9.01. The molecule has 0 heterocycles. The topological polar surface area (TPSA) is 57.5 Å². The van der Waals surface area contributed by atoms with Gasteiger partial charge in [-0.2, -0.15) is 0 Å². The summed E-state index contributed by atoms with van der Waals surface area (Å²) in [5.74, 6) is 0.438. The maximum Gasteiger partial charge on any atom is 0.166 e. The second-order valence-electron chi connectivity index (χ2n) is 6.35. The monoisotopic (exact) mass is 419 g/mol. The molecule has 4 aromatic carbocycles. The third-order valence-electron chi connectivity index (χ3n) is 4.38. The van der Waals surface area contributed by atoms with E-state index in [0.717, 1.165) is 24.5 Å². The van der Waals surface area contributed by atoms with Crippen LogP contribution in [0.4, 0.5) is 0 Å². The minimum Gasteiger partial charge on any atom is -0.508 e. The summed E-state index contributed by atoms with van der Waals surface area (Å²) in [4.78, 5) is 4.68. The van der Waals surface area contributed by atoms with Gasteiger partial charge in [0.1, 0.15) is 11.5 Å². The average molecular weight is 420 g/mol. The first-order chi connectivity index (χ1) is 14.1. The lowest BCUT2D eigenvalue weighted by atomic mass is 10.3. The van der Waals surface area contributed by atoms with Crippen molar-refractivity contribution in [2.75, 3.05) is 0 Å². The van der Waals surface area contributed by atoms with Crippen LogP contribution in [-0.4, -0.2) is 14.4 Å². The molecule has 0 aliphatic carbocycles. The van der Waals surface area contributed by atoms with Gasteiger partial charge in [-0.25, -0.2) is 4.21 Å². The molecule has 4 rings (SSSR count). The molecule has 0 radical (unpaired) electrons. The zero-order chi connectivity index (χ0) is 20.2. The molecule has 0 aromatic heterocycles. The molecule has 0 aliphatic heterocycles. The number of aromatic hydroxyl groups is 2. The van der Waals surface area contributed by atoms with Gasteiger partial charge in [-0.1, -0.05) is 18.2 Å². The zero-order valence-corrected chi connectivity index (χ0v) is 17.1. The SMILES string of the molecule is O=S(c1ccccc1)c1ccc([S+](c2ccc(O)cc2)c2ccc(O)cc2)cc1. The Morgan fingerprint density at radius 2 is 0.897 bits per heavy atom. The Morgan fingerprint density at radius 1 is 0.517 bits per heavy atom. The number of benzene rings is 4. The zero-order valence-electron chi connectivity index (χ0n) is 15.4. The van der Waals surface area contributed by atoms with Crippen LogP contribution in [0.3, 0.4) is 0 Å². The Labute approximate surface area is 175 Å². The van der Waals surface area contributed by atoms with Crippen molar-refractivity contribution < 1.29 is 14.4 Å². The van der Waals surface area contributed by atoms with Gasteiger partial charge in [0, 0.05) is 9.79 Å². The van der Waals surface area contributed by atoms with E-state index in [1.165, 1.54) is 0 Å². The van der Waals surface area contributed by atoms with Crippen LogP contribution in [-0.2, 0) is 21.7 Å². The standard InChI is InChI=1S/C24H18O3S2/c25-18-6-10-20(11-7-18)28(21-12-8-19(26)9-13-21)22-14-16-24(17-15-22)29(27)23-4-2-1-3-5-23/h1-17H,(H-,25,26)/p+1. The molecule has 3 nitrogen and oxygen atoms in total. The fourth-order valence-electron chi connectivity index (χ4n) is 2.95. The summed E-state index contributed by atoms with van der Waals surface area (Å²) in [6.45, 7) is 0. The van der Waals surface area contributed by atoms with E-state index < -0.39 is 21.7 Å². The highest BCUT2D eigenvalue weighted by molar-refractivity contribution is 7.97. The van der Waals surface area contributed by atoms with Crippen molar-refractivity contribution in [3.8, 4) is 11.5 Å². The van der Waals surface area contributed by atoms with E-state index in [4.69, 9.17) is 0 Å². The molecule has 144 valence electrons. The lowest BCUT2D eigenvalue weighted by Gasteiger charge is -2.09. The van der Waals surface area contributed by atoms with Gasteiger partial charge in [0.05, 0.1) is 21.7 Å². The number of hydrogen-bond donors (Lipinski definition) is 2. The second-order valence-corrected chi connectivity index (χ2v) is 9.85. The highest BCUT2D eigenvalue weighted by Crippen LogP contribution is 2.33. The molecule has 5 heteroatoms. The molecule has 1 unspecified atom stereocenters. The largest absolute Gasteiger partial charge is 0.508 e. The van der Waals surface area contributed by atoms with Crippen molar-refractivity contribution in [1.29, 1.82) is 0 Å². The van der Waals surface area contributed by atoms with Crippen molar-refractivity contribution in [3.05, 3.63) is 103 Å². The van der Waals surface area contributed by atoms with E-state index in [1.54, 1.807) is 24.3 Å². The number of phenols is 2. The Kier molecular flexibility index (Phi) is 5.69. The van der Waals surface area contributed by atoms with Gasteiger partial charge >= 0.3 is 0 Å². The minimum atomic E-state index is -1.23. The number of rotatable bonds is 5. The molecule has 0 saturated heterocycles. The fourth-order valence-corrected chi connectivity index (χ4v) is 6.05. The van der Waals surface area contributed by atoms with Crippen LogP contribution in [0.25, 0.3) is 0 Å². The number of phenolic OH excluding ortho intramolecular Hbond substituents is 2. The van der Waals surface area contributed by atoms with Crippen LogP contribution in [0.5, 0.6) is 11.5 Å². The lowest BCUT2D eigenvalue weighted by Crippen LogP contribution is -2.05. The van der Waals surface area contributed by atoms with Crippen molar-refractivity contribution in [3.63, 3.8) is 0 Å². The molecular formula is C24H19O3S2+. The summed E-state index contributed by atoms with van der Waals surface area (Å²) in [6.07, 6.45) is 0. The fraction of sp³-hybridized carbons (Fsp3) is 0. The molecule has 4 aromatic rings. The summed E-state index contributed by atoms with van der Waals surface area (Å²) in [5.41, 5.74) is 0. The molecule has 2 N–H and O–H groups in total. The Bertz CT molecular complexity index is 1060. The number of hydrogen-bond acceptors (Lipinski definition) is 3. The van der Waals surface area contributed by atoms with E-state index in [1.807, 2.05) is 78.9 Å². The molecule has 0 saturated carbocycles. The van der Waals surface area contributed by atoms with Gasteiger partial charge in [0.2, 0.25) is 0 Å². The van der Waals surface area contributed by atoms with Crippen molar-refractivity contribution in [2.24, 2.45) is 0 Å². The second kappa shape index (κ2) is 8.55. The van der Waals surface area contributed by atoms with Crippen LogP contribution in [0.2, 0.25) is 0 Å². The first kappa shape index (κ1) is 19.3. The van der Waals surface area contributed by atoms with Crippen LogP contribution >= 0.6 is 0 Å². The normalized spacial score (nSPS) is 12.0. The Morgan fingerprint density at radius 3 is 1.34 bits per heavy atom. The minimum absolute atomic E-state index is 0.219. The summed E-state index contributed by atoms with van der Waals surface area (Å²) in [5, 5.41) is 19.3. The lowest BCUT2D eigenvalue weighted by molar-refractivity contribution is 0.474. The highest BCUT2D eigenvalue weighted by atomic mass is 32.2. The molecule has 0 fully saturated rings. The summed E-state index contributed by atoms with van der Waals surface area (Å²) < 4.78 is 12.8. The summed E-state index contributed by atoms with van der Waals surface area (Å²) in [7, 11) is -1.64. The highest BCUT2D eigenvalue weighted by Gasteiger charge is 2.29. The maximum atomic E-state index is 12.8. The van der Waals surface area contributed by atoms with Gasteiger partial charge in [-0.3, -0.25) is 0 Å². The molecule has 1 atom stereocenters. The van der Waals surface area contributed by atoms with Crippen molar-refractivity contribution in [2.45, 2.75) is 24.5 Å². The van der Waals surface area contributed by atoms with Crippen LogP contribution in [0.1, 0.15) is 0 Å². The van der Waals surface area contributed by atoms with Gasteiger partial charge in [-0.05, 0) is 84.9 Å². The predicted molar refractivity (Wildman–Crippen MR) is 116 cm³/mol. The van der Waals surface area contributed by atoms with Crippen LogP contribution in [0.15, 0.2) is 128 Å². The van der Waals surface area contributed by atoms with E-state index in [-0.39, 0.29) is 11.5 Å². The van der Waals surface area contributed by atoms with Crippen molar-refractivity contribution in [1.82, 2.24) is 0 Å². The average Bonchev–Trinajstić information content (AvgIpc) is 2.77. The van der Waals surface area contributed by atoms with Gasteiger partial charge in [-0.15, -0.1) is 0 Å². The molecule has 0 aliphatic rings. The van der Waals surface area contributed by atoms with Crippen LogP contribution < -0.4 is 0 Å². The molecule has 29 heavy (non-hydrogen) atoms. The predicted octanol–water partition coefficient (Wildman–Crippen LogP) is 5.36. The van der Waals surface area contributed by atoms with E-state index in [2.05, 4.69) is 0 Å². The Hall–Kier alpha value is -3.02. The third kappa shape index (κ3) is 4.36. The van der Waals surface area contributed by atoms with E-state index >= 15 is 0 Å². The maximum absolute atomic E-state index is 12.8. The summed E-state index contributed by atoms with van der Waals surface area (Å²) in [6, 6.07) is 31.5. The Balaban J connectivity index is 1.72.